The number of fused-ring (bicyclic) bond motifs is 1. The smallest absolute Gasteiger partial charge is 0.247 e. The number of hydrogen-bond donors (Lipinski definition) is 3. The SMILES string of the molecule is Cc1cc(N2CCN(C(=O)[C@H]3C(C)CC4(CN4)C[C@@H]3C(=O)NO)CC2)c2ccccc2n1. The Hall–Kier alpha value is -2.71. The molecule has 3 N–H and O–H groups in total. The van der Waals surface area contributed by atoms with Gasteiger partial charge in [-0.05, 0) is 37.8 Å². The van der Waals surface area contributed by atoms with E-state index in [1.165, 1.54) is 0 Å². The third-order valence-electron chi connectivity index (χ3n) is 7.53. The molecule has 1 aliphatic carbocycles. The summed E-state index contributed by atoms with van der Waals surface area (Å²) in [6.45, 7) is 7.66. The van der Waals surface area contributed by atoms with Crippen LogP contribution in [-0.2, 0) is 9.59 Å². The van der Waals surface area contributed by atoms with Crippen molar-refractivity contribution in [3.8, 4) is 0 Å². The lowest BCUT2D eigenvalue weighted by atomic mass is 9.67. The number of hydroxylamine groups is 1. The first-order valence-electron chi connectivity index (χ1n) is 11.5. The van der Waals surface area contributed by atoms with Gasteiger partial charge in [0.25, 0.3) is 0 Å². The zero-order valence-corrected chi connectivity index (χ0v) is 18.7. The van der Waals surface area contributed by atoms with Crippen LogP contribution in [0.2, 0.25) is 0 Å². The number of aryl methyl sites for hydroxylation is 1. The number of nitrogens with zero attached hydrogens (tertiary/aromatic N) is 3. The molecule has 2 aliphatic heterocycles. The normalized spacial score (nSPS) is 29.9. The minimum Gasteiger partial charge on any atom is -0.367 e. The maximum Gasteiger partial charge on any atom is 0.247 e. The molecule has 4 atom stereocenters. The van der Waals surface area contributed by atoms with E-state index < -0.39 is 17.7 Å². The first kappa shape index (κ1) is 21.2. The first-order valence-corrected chi connectivity index (χ1v) is 11.5. The maximum atomic E-state index is 13.6. The number of para-hydroxylation sites is 1. The van der Waals surface area contributed by atoms with Gasteiger partial charge in [-0.25, -0.2) is 5.48 Å². The lowest BCUT2D eigenvalue weighted by molar-refractivity contribution is -0.150. The van der Waals surface area contributed by atoms with E-state index in [2.05, 4.69) is 34.3 Å². The summed E-state index contributed by atoms with van der Waals surface area (Å²) in [7, 11) is 0. The number of hydrogen-bond acceptors (Lipinski definition) is 6. The summed E-state index contributed by atoms with van der Waals surface area (Å²) in [6, 6.07) is 10.3. The molecular formula is C24H31N5O3. The largest absolute Gasteiger partial charge is 0.367 e. The highest BCUT2D eigenvalue weighted by molar-refractivity contribution is 5.92. The lowest BCUT2D eigenvalue weighted by Crippen LogP contribution is -2.55. The molecular weight excluding hydrogens is 406 g/mol. The van der Waals surface area contributed by atoms with Crippen molar-refractivity contribution in [2.45, 2.75) is 32.2 Å². The Labute approximate surface area is 187 Å². The predicted molar refractivity (Wildman–Crippen MR) is 121 cm³/mol. The average Bonchev–Trinajstić information content (AvgIpc) is 3.55. The van der Waals surface area contributed by atoms with Gasteiger partial charge in [-0.15, -0.1) is 0 Å². The van der Waals surface area contributed by atoms with Gasteiger partial charge in [0.05, 0.1) is 17.4 Å². The van der Waals surface area contributed by atoms with Crippen molar-refractivity contribution in [2.75, 3.05) is 37.6 Å². The van der Waals surface area contributed by atoms with E-state index in [1.807, 2.05) is 35.5 Å². The van der Waals surface area contributed by atoms with Crippen LogP contribution in [0.1, 0.15) is 25.5 Å². The molecule has 2 amide bonds. The fourth-order valence-electron chi connectivity index (χ4n) is 5.86. The molecule has 2 unspecified atom stereocenters. The van der Waals surface area contributed by atoms with Crippen molar-refractivity contribution >= 4 is 28.4 Å². The average molecular weight is 438 g/mol. The van der Waals surface area contributed by atoms with Gasteiger partial charge in [0.15, 0.2) is 0 Å². The molecule has 8 heteroatoms. The van der Waals surface area contributed by atoms with Crippen LogP contribution in [0, 0.1) is 24.7 Å². The van der Waals surface area contributed by atoms with Crippen LogP contribution in [-0.4, -0.2) is 65.2 Å². The van der Waals surface area contributed by atoms with Crippen LogP contribution in [0.4, 0.5) is 5.69 Å². The zero-order valence-electron chi connectivity index (χ0n) is 18.7. The molecule has 5 rings (SSSR count). The number of pyridine rings is 1. The molecule has 2 saturated heterocycles. The number of piperazine rings is 1. The highest BCUT2D eigenvalue weighted by Crippen LogP contribution is 2.45. The Bertz CT molecular complexity index is 1050. The summed E-state index contributed by atoms with van der Waals surface area (Å²) in [5, 5.41) is 13.8. The summed E-state index contributed by atoms with van der Waals surface area (Å²) in [6.07, 6.45) is 1.49. The predicted octanol–water partition coefficient (Wildman–Crippen LogP) is 1.70. The van der Waals surface area contributed by atoms with Crippen molar-refractivity contribution in [3.63, 3.8) is 0 Å². The number of aromatic nitrogens is 1. The van der Waals surface area contributed by atoms with Crippen molar-refractivity contribution < 1.29 is 14.8 Å². The Balaban J connectivity index is 1.32. The van der Waals surface area contributed by atoms with E-state index in [4.69, 9.17) is 0 Å². The summed E-state index contributed by atoms with van der Waals surface area (Å²) >= 11 is 0. The zero-order chi connectivity index (χ0) is 22.5. The maximum absolute atomic E-state index is 13.6. The Kier molecular flexibility index (Phi) is 5.29. The molecule has 1 saturated carbocycles. The van der Waals surface area contributed by atoms with Crippen LogP contribution in [0.3, 0.4) is 0 Å². The molecule has 3 heterocycles. The van der Waals surface area contributed by atoms with Crippen molar-refractivity contribution in [2.24, 2.45) is 17.8 Å². The van der Waals surface area contributed by atoms with Gasteiger partial charge in [-0.1, -0.05) is 25.1 Å². The van der Waals surface area contributed by atoms with E-state index in [0.29, 0.717) is 19.5 Å². The van der Waals surface area contributed by atoms with E-state index in [-0.39, 0.29) is 17.4 Å². The van der Waals surface area contributed by atoms with Gasteiger partial charge >= 0.3 is 0 Å². The molecule has 32 heavy (non-hydrogen) atoms. The number of rotatable bonds is 3. The number of amides is 2. The van der Waals surface area contributed by atoms with E-state index in [9.17, 15) is 14.8 Å². The molecule has 0 bridgehead atoms. The first-order chi connectivity index (χ1) is 15.4. The minimum atomic E-state index is -0.504. The van der Waals surface area contributed by atoms with Crippen LogP contribution in [0.5, 0.6) is 0 Å². The second kappa shape index (κ2) is 8.01. The molecule has 3 fully saturated rings. The lowest BCUT2D eigenvalue weighted by Gasteiger charge is -2.43. The standard InChI is InChI=1S/C24H31N5O3/c1-15-12-24(14-25-24)13-18(22(30)27-32)21(15)23(31)29-9-7-28(8-10-29)20-11-16(2)26-19-6-4-3-5-17(19)20/h3-6,11,15,18,21,25,32H,7-10,12-14H2,1-2H3,(H,27,30)/t15?,18-,21-,24?/m0/s1. The van der Waals surface area contributed by atoms with Gasteiger partial charge in [0, 0.05) is 55.0 Å². The van der Waals surface area contributed by atoms with Crippen LogP contribution < -0.4 is 15.7 Å². The second-order valence-electron chi connectivity index (χ2n) is 9.74. The molecule has 1 aromatic heterocycles. The van der Waals surface area contributed by atoms with Gasteiger partial charge in [0.1, 0.15) is 0 Å². The van der Waals surface area contributed by atoms with E-state index >= 15 is 0 Å². The minimum absolute atomic E-state index is 0.0354. The number of anilines is 1. The monoisotopic (exact) mass is 437 g/mol. The summed E-state index contributed by atoms with van der Waals surface area (Å²) in [4.78, 5) is 34.9. The molecule has 1 spiro atoms. The van der Waals surface area contributed by atoms with Gasteiger partial charge in [-0.2, -0.15) is 0 Å². The molecule has 170 valence electrons. The van der Waals surface area contributed by atoms with Crippen LogP contribution in [0.15, 0.2) is 30.3 Å². The summed E-state index contributed by atoms with van der Waals surface area (Å²) < 4.78 is 0. The number of carbonyl (C=O) groups excluding carboxylic acids is 2. The fourth-order valence-corrected chi connectivity index (χ4v) is 5.86. The van der Waals surface area contributed by atoms with Crippen molar-refractivity contribution in [1.82, 2.24) is 20.7 Å². The number of carbonyl (C=O) groups is 2. The third kappa shape index (κ3) is 3.71. The van der Waals surface area contributed by atoms with E-state index in [0.717, 1.165) is 48.3 Å². The highest BCUT2D eigenvalue weighted by atomic mass is 16.5. The Morgan fingerprint density at radius 2 is 1.91 bits per heavy atom. The van der Waals surface area contributed by atoms with E-state index in [1.54, 1.807) is 0 Å². The van der Waals surface area contributed by atoms with Gasteiger partial charge in [-0.3, -0.25) is 19.8 Å². The Morgan fingerprint density at radius 1 is 1.19 bits per heavy atom. The highest BCUT2D eigenvalue weighted by Gasteiger charge is 2.55. The molecule has 8 nitrogen and oxygen atoms in total. The number of nitrogens with one attached hydrogen (secondary N) is 2. The number of benzene rings is 1. The molecule has 0 radical (unpaired) electrons. The van der Waals surface area contributed by atoms with Crippen molar-refractivity contribution in [3.05, 3.63) is 36.0 Å². The van der Waals surface area contributed by atoms with Crippen molar-refractivity contribution in [1.29, 1.82) is 0 Å². The fraction of sp³-hybridized carbons (Fsp3) is 0.542. The van der Waals surface area contributed by atoms with Gasteiger partial charge < -0.3 is 15.1 Å². The summed E-state index contributed by atoms with van der Waals surface area (Å²) in [5.41, 5.74) is 4.89. The molecule has 2 aromatic rings. The quantitative estimate of drug-likeness (QED) is 0.383. The van der Waals surface area contributed by atoms with Crippen LogP contribution in [0.25, 0.3) is 10.9 Å². The van der Waals surface area contributed by atoms with Gasteiger partial charge in [0.2, 0.25) is 11.8 Å². The van der Waals surface area contributed by atoms with Crippen LogP contribution >= 0.6 is 0 Å². The molecule has 1 aromatic carbocycles. The topological polar surface area (TPSA) is 108 Å². The summed E-state index contributed by atoms with van der Waals surface area (Å²) in [5.74, 6) is -1.22. The molecule has 3 aliphatic rings. The Morgan fingerprint density at radius 3 is 2.59 bits per heavy atom. The third-order valence-corrected chi connectivity index (χ3v) is 7.53. The second-order valence-corrected chi connectivity index (χ2v) is 9.74.